The first-order chi connectivity index (χ1) is 5.16. The number of carboxylic acids is 1. The van der Waals surface area contributed by atoms with Crippen molar-refractivity contribution in [1.82, 2.24) is 0 Å². The molecule has 0 aromatic rings. The average molecular weight is 155 g/mol. The summed E-state index contributed by atoms with van der Waals surface area (Å²) in [5, 5.41) is 10.1. The Hall–Kier alpha value is -1.78. The van der Waals surface area contributed by atoms with Crippen LogP contribution < -0.4 is 0 Å². The minimum Gasteiger partial charge on any atom is -0.478 e. The highest BCUT2D eigenvalue weighted by Gasteiger charge is 1.88. The van der Waals surface area contributed by atoms with E-state index >= 15 is 0 Å². The van der Waals surface area contributed by atoms with Crippen LogP contribution >= 0.6 is 0 Å². The molecule has 5 nitrogen and oxygen atoms in total. The Bertz CT molecular complexity index is 229. The third kappa shape index (κ3) is 6.10. The Kier molecular flexibility index (Phi) is 4.22. The van der Waals surface area contributed by atoms with E-state index in [9.17, 15) is 14.5 Å². The summed E-state index contributed by atoms with van der Waals surface area (Å²) in [6.07, 6.45) is 3.93. The molecule has 0 aromatic carbocycles. The maximum absolute atomic E-state index is 10.1. The van der Waals surface area contributed by atoms with Crippen molar-refractivity contribution < 1.29 is 14.7 Å². The first-order valence-corrected chi connectivity index (χ1v) is 2.62. The van der Waals surface area contributed by atoms with Crippen LogP contribution in [0.1, 0.15) is 0 Å². The van der Waals surface area contributed by atoms with Gasteiger partial charge in [0, 0.05) is 17.3 Å². The zero-order valence-corrected chi connectivity index (χ0v) is 5.43. The molecule has 58 valence electrons. The van der Waals surface area contributed by atoms with Gasteiger partial charge in [-0.3, -0.25) is 4.79 Å². The van der Waals surface area contributed by atoms with Crippen molar-refractivity contribution in [1.29, 1.82) is 0 Å². The first-order valence-electron chi connectivity index (χ1n) is 2.62. The summed E-state index contributed by atoms with van der Waals surface area (Å²) < 4.78 is 0. The normalized spacial score (nSPS) is 10.5. The number of aliphatic carboxylic acids is 1. The SMILES string of the molecule is O=NC(=O)/C=C\C=C/C(=O)O. The topological polar surface area (TPSA) is 83.8 Å². The monoisotopic (exact) mass is 155 g/mol. The molecule has 0 unspecified atom stereocenters. The summed E-state index contributed by atoms with van der Waals surface area (Å²) in [5.41, 5.74) is 0. The second-order valence-corrected chi connectivity index (χ2v) is 1.49. The van der Waals surface area contributed by atoms with Gasteiger partial charge in [0.25, 0.3) is 0 Å². The third-order valence-electron chi connectivity index (χ3n) is 0.679. The van der Waals surface area contributed by atoms with Gasteiger partial charge in [0.15, 0.2) is 0 Å². The summed E-state index contributed by atoms with van der Waals surface area (Å²) >= 11 is 0. The van der Waals surface area contributed by atoms with Gasteiger partial charge in [0.2, 0.25) is 0 Å². The lowest BCUT2D eigenvalue weighted by Gasteiger charge is -1.74. The predicted molar refractivity (Wildman–Crippen MR) is 36.7 cm³/mol. The van der Waals surface area contributed by atoms with Crippen molar-refractivity contribution in [2.75, 3.05) is 0 Å². The molecule has 5 heteroatoms. The Labute approximate surface area is 62.0 Å². The number of amides is 1. The number of nitroso groups, excluding NO2 is 1. The molecule has 0 aliphatic rings. The van der Waals surface area contributed by atoms with Crippen LogP contribution in [0, 0.1) is 4.91 Å². The molecule has 0 aromatic heterocycles. The van der Waals surface area contributed by atoms with E-state index in [1.807, 2.05) is 5.18 Å². The molecule has 0 fully saturated rings. The molecule has 0 rings (SSSR count). The number of carbonyl (C=O) groups excluding carboxylic acids is 1. The van der Waals surface area contributed by atoms with Crippen LogP contribution in [0.4, 0.5) is 0 Å². The summed E-state index contributed by atoms with van der Waals surface area (Å²) in [6.45, 7) is 0. The molecule has 0 aliphatic heterocycles. The van der Waals surface area contributed by atoms with E-state index in [2.05, 4.69) is 0 Å². The molecular formula is C6H5NO4. The highest BCUT2D eigenvalue weighted by atomic mass is 16.4. The number of rotatable bonds is 3. The first kappa shape index (κ1) is 9.22. The lowest BCUT2D eigenvalue weighted by atomic mass is 10.4. The van der Waals surface area contributed by atoms with Gasteiger partial charge in [0.1, 0.15) is 0 Å². The van der Waals surface area contributed by atoms with E-state index in [1.54, 1.807) is 0 Å². The molecule has 1 N–H and O–H groups in total. The van der Waals surface area contributed by atoms with Crippen LogP contribution in [0.5, 0.6) is 0 Å². The summed E-state index contributed by atoms with van der Waals surface area (Å²) in [6, 6.07) is 0. The third-order valence-corrected chi connectivity index (χ3v) is 0.679. The lowest BCUT2D eigenvalue weighted by molar-refractivity contribution is -0.131. The second-order valence-electron chi connectivity index (χ2n) is 1.49. The minimum absolute atomic E-state index is 0.828. The Morgan fingerprint density at radius 2 is 1.73 bits per heavy atom. The number of carboxylic acid groups (broad SMARTS) is 1. The summed E-state index contributed by atoms with van der Waals surface area (Å²) in [5.74, 6) is -2.07. The molecule has 0 heterocycles. The number of allylic oxidation sites excluding steroid dienone is 2. The largest absolute Gasteiger partial charge is 0.478 e. The molecule has 1 amide bonds. The van der Waals surface area contributed by atoms with Gasteiger partial charge >= 0.3 is 11.9 Å². The van der Waals surface area contributed by atoms with Crippen molar-refractivity contribution in [2.24, 2.45) is 5.18 Å². The van der Waals surface area contributed by atoms with Crippen LogP contribution in [0.15, 0.2) is 29.5 Å². The quantitative estimate of drug-likeness (QED) is 0.365. The van der Waals surface area contributed by atoms with E-state index in [0.717, 1.165) is 24.3 Å². The van der Waals surface area contributed by atoms with E-state index in [0.29, 0.717) is 0 Å². The minimum atomic E-state index is -1.12. The van der Waals surface area contributed by atoms with E-state index < -0.39 is 11.9 Å². The van der Waals surface area contributed by atoms with Crippen molar-refractivity contribution in [3.63, 3.8) is 0 Å². The van der Waals surface area contributed by atoms with Crippen LogP contribution in [0.3, 0.4) is 0 Å². The second kappa shape index (κ2) is 5.04. The van der Waals surface area contributed by atoms with Crippen LogP contribution in [-0.4, -0.2) is 17.0 Å². The molecule has 0 saturated heterocycles. The summed E-state index contributed by atoms with van der Waals surface area (Å²) in [4.78, 5) is 29.4. The van der Waals surface area contributed by atoms with E-state index in [-0.39, 0.29) is 0 Å². The van der Waals surface area contributed by atoms with Crippen LogP contribution in [0.25, 0.3) is 0 Å². The molecule has 0 spiro atoms. The number of hydrogen-bond donors (Lipinski definition) is 1. The van der Waals surface area contributed by atoms with Gasteiger partial charge in [-0.1, -0.05) is 12.2 Å². The highest BCUT2D eigenvalue weighted by Crippen LogP contribution is 1.80. The van der Waals surface area contributed by atoms with E-state index in [4.69, 9.17) is 5.11 Å². The fraction of sp³-hybridized carbons (Fsp3) is 0. The smallest absolute Gasteiger partial charge is 0.328 e. The fourth-order valence-corrected chi connectivity index (χ4v) is 0.306. The standard InChI is InChI=1S/C6H5NO4/c8-5(7-11)3-1-2-4-6(9)10/h1-4H,(H,9,10)/b3-1-,4-2-. The van der Waals surface area contributed by atoms with Gasteiger partial charge in [-0.25, -0.2) is 4.79 Å². The van der Waals surface area contributed by atoms with Crippen molar-refractivity contribution in [3.8, 4) is 0 Å². The molecule has 0 saturated carbocycles. The average Bonchev–Trinajstić information content (AvgIpc) is 1.97. The highest BCUT2D eigenvalue weighted by molar-refractivity contribution is 5.88. The van der Waals surface area contributed by atoms with Gasteiger partial charge in [-0.05, 0) is 0 Å². The molecule has 0 bridgehead atoms. The fourth-order valence-electron chi connectivity index (χ4n) is 0.306. The van der Waals surface area contributed by atoms with Crippen molar-refractivity contribution in [3.05, 3.63) is 29.2 Å². The Morgan fingerprint density at radius 1 is 1.18 bits per heavy atom. The van der Waals surface area contributed by atoms with Gasteiger partial charge in [-0.2, -0.15) is 0 Å². The summed E-state index contributed by atoms with van der Waals surface area (Å²) in [7, 11) is 0. The Balaban J connectivity index is 3.86. The van der Waals surface area contributed by atoms with Crippen LogP contribution in [-0.2, 0) is 9.59 Å². The molecule has 0 atom stereocenters. The lowest BCUT2D eigenvalue weighted by Crippen LogP contribution is -1.85. The maximum atomic E-state index is 10.1. The molecular weight excluding hydrogens is 150 g/mol. The van der Waals surface area contributed by atoms with Crippen molar-refractivity contribution in [2.45, 2.75) is 0 Å². The maximum Gasteiger partial charge on any atom is 0.328 e. The predicted octanol–water partition coefficient (Wildman–Crippen LogP) is 0.476. The van der Waals surface area contributed by atoms with E-state index in [1.165, 1.54) is 0 Å². The Morgan fingerprint density at radius 3 is 2.18 bits per heavy atom. The van der Waals surface area contributed by atoms with Gasteiger partial charge < -0.3 is 5.11 Å². The van der Waals surface area contributed by atoms with Gasteiger partial charge in [0.05, 0.1) is 0 Å². The van der Waals surface area contributed by atoms with Crippen LogP contribution in [0.2, 0.25) is 0 Å². The number of hydrogen-bond acceptors (Lipinski definition) is 3. The molecule has 11 heavy (non-hydrogen) atoms. The molecule has 0 aliphatic carbocycles. The van der Waals surface area contributed by atoms with Gasteiger partial charge in [-0.15, -0.1) is 4.91 Å². The molecule has 0 radical (unpaired) electrons. The number of nitrogens with zero attached hydrogens (tertiary/aromatic N) is 1. The zero-order chi connectivity index (χ0) is 8.69. The zero-order valence-electron chi connectivity index (χ0n) is 5.43. The number of carbonyl (C=O) groups is 2. The van der Waals surface area contributed by atoms with Crippen molar-refractivity contribution >= 4 is 11.9 Å².